The Kier molecular flexibility index (Phi) is 4.53. The van der Waals surface area contributed by atoms with Gasteiger partial charge in [0, 0.05) is 6.07 Å². The molecule has 7 heteroatoms. The lowest BCUT2D eigenvalue weighted by atomic mass is 9.99. The molecule has 1 aliphatic rings. The highest BCUT2D eigenvalue weighted by Gasteiger charge is 2.10. The number of carbonyl (C=O) groups excluding carboxylic acids is 1. The predicted octanol–water partition coefficient (Wildman–Crippen LogP) is 3.28. The second-order valence-electron chi connectivity index (χ2n) is 5.21. The van der Waals surface area contributed by atoms with Gasteiger partial charge < -0.3 is 9.94 Å². The molecule has 3 rings (SSSR count). The smallest absolute Gasteiger partial charge is 0.266 e. The Hall–Kier alpha value is -2.15. The Bertz CT molecular complexity index is 703. The third kappa shape index (κ3) is 3.73. The molecule has 1 aromatic carbocycles. The number of thiazole rings is 1. The molecule has 22 heavy (non-hydrogen) atoms. The van der Waals surface area contributed by atoms with Crippen molar-refractivity contribution in [2.45, 2.75) is 32.1 Å². The number of aromatic nitrogens is 1. The van der Waals surface area contributed by atoms with Crippen LogP contribution in [0.15, 0.2) is 23.4 Å². The van der Waals surface area contributed by atoms with Gasteiger partial charge in [-0.05, 0) is 37.8 Å². The lowest BCUT2D eigenvalue weighted by molar-refractivity contribution is -0.120. The van der Waals surface area contributed by atoms with Gasteiger partial charge in [-0.15, -0.1) is 0 Å². The minimum atomic E-state index is -0.288. The zero-order valence-corrected chi connectivity index (χ0v) is 12.9. The number of amides is 1. The molecule has 1 heterocycles. The predicted molar refractivity (Wildman–Crippen MR) is 86.4 cm³/mol. The number of anilines is 1. The van der Waals surface area contributed by atoms with Crippen LogP contribution in [0.4, 0.5) is 5.13 Å². The summed E-state index contributed by atoms with van der Waals surface area (Å²) >= 11 is 1.35. The van der Waals surface area contributed by atoms with Crippen LogP contribution >= 0.6 is 11.3 Å². The fraction of sp³-hybridized carbons (Fsp3) is 0.400. The highest BCUT2D eigenvalue weighted by Crippen LogP contribution is 2.28. The quantitative estimate of drug-likeness (QED) is 0.847. The van der Waals surface area contributed by atoms with E-state index in [0.29, 0.717) is 10.6 Å². The summed E-state index contributed by atoms with van der Waals surface area (Å²) in [4.78, 5) is 21.2. The molecule has 0 unspecified atom stereocenters. The first kappa shape index (κ1) is 14.8. The number of oxime groups is 1. The van der Waals surface area contributed by atoms with Crippen LogP contribution in [0.3, 0.4) is 0 Å². The molecule has 0 aliphatic heterocycles. The van der Waals surface area contributed by atoms with Gasteiger partial charge in [-0.2, -0.15) is 0 Å². The van der Waals surface area contributed by atoms with Gasteiger partial charge in [-0.1, -0.05) is 22.9 Å². The van der Waals surface area contributed by atoms with Gasteiger partial charge in [0.05, 0.1) is 15.9 Å². The van der Waals surface area contributed by atoms with E-state index in [9.17, 15) is 9.90 Å². The molecule has 1 saturated carbocycles. The standard InChI is InChI=1S/C15H17N3O3S/c19-11-6-7-13-12(8-11)16-15(22-13)17-14(20)9-21-18-10-4-2-1-3-5-10/h6-8,19H,1-5,9H2,(H,16,17,20). The van der Waals surface area contributed by atoms with Gasteiger partial charge in [0.1, 0.15) is 5.75 Å². The molecule has 1 aliphatic carbocycles. The summed E-state index contributed by atoms with van der Waals surface area (Å²) in [5.74, 6) is -0.134. The van der Waals surface area contributed by atoms with Crippen molar-refractivity contribution in [1.29, 1.82) is 0 Å². The molecule has 1 amide bonds. The third-order valence-corrected chi connectivity index (χ3v) is 4.39. The maximum Gasteiger partial charge on any atom is 0.266 e. The van der Waals surface area contributed by atoms with Crippen molar-refractivity contribution >= 4 is 38.3 Å². The van der Waals surface area contributed by atoms with Gasteiger partial charge in [0.15, 0.2) is 11.7 Å². The number of nitrogens with zero attached hydrogens (tertiary/aromatic N) is 2. The molecule has 1 fully saturated rings. The Morgan fingerprint density at radius 3 is 3.00 bits per heavy atom. The number of nitrogens with one attached hydrogen (secondary N) is 1. The summed E-state index contributed by atoms with van der Waals surface area (Å²) in [6, 6.07) is 4.92. The Morgan fingerprint density at radius 1 is 1.36 bits per heavy atom. The first-order valence-electron chi connectivity index (χ1n) is 7.28. The van der Waals surface area contributed by atoms with Crippen LogP contribution in [-0.4, -0.2) is 28.3 Å². The zero-order valence-electron chi connectivity index (χ0n) is 12.0. The number of phenolic OH excluding ortho intramolecular Hbond substituents is 1. The average Bonchev–Trinajstić information content (AvgIpc) is 2.89. The molecule has 0 spiro atoms. The number of aromatic hydroxyl groups is 1. The van der Waals surface area contributed by atoms with E-state index in [1.165, 1.54) is 17.8 Å². The Balaban J connectivity index is 1.54. The van der Waals surface area contributed by atoms with Crippen LogP contribution in [0.2, 0.25) is 0 Å². The van der Waals surface area contributed by atoms with E-state index in [-0.39, 0.29) is 18.3 Å². The van der Waals surface area contributed by atoms with Crippen molar-refractivity contribution in [2.75, 3.05) is 11.9 Å². The molecule has 0 radical (unpaired) electrons. The van der Waals surface area contributed by atoms with Crippen LogP contribution in [0, 0.1) is 0 Å². The Morgan fingerprint density at radius 2 is 2.18 bits per heavy atom. The summed E-state index contributed by atoms with van der Waals surface area (Å²) in [5, 5.41) is 16.6. The lowest BCUT2D eigenvalue weighted by Crippen LogP contribution is -2.17. The van der Waals surface area contributed by atoms with Gasteiger partial charge in [0.25, 0.3) is 5.91 Å². The summed E-state index contributed by atoms with van der Waals surface area (Å²) in [7, 11) is 0. The van der Waals surface area contributed by atoms with Crippen molar-refractivity contribution < 1.29 is 14.7 Å². The fourth-order valence-electron chi connectivity index (χ4n) is 2.36. The number of carbonyl (C=O) groups is 1. The van der Waals surface area contributed by atoms with Crippen LogP contribution in [0.5, 0.6) is 5.75 Å². The first-order chi connectivity index (χ1) is 10.7. The highest BCUT2D eigenvalue weighted by atomic mass is 32.1. The minimum absolute atomic E-state index is 0.120. The average molecular weight is 319 g/mol. The maximum atomic E-state index is 11.8. The Labute approximate surface area is 131 Å². The van der Waals surface area contributed by atoms with E-state index in [1.54, 1.807) is 18.2 Å². The number of benzene rings is 1. The zero-order chi connectivity index (χ0) is 15.4. The van der Waals surface area contributed by atoms with Crippen LogP contribution in [-0.2, 0) is 9.63 Å². The van der Waals surface area contributed by atoms with E-state index >= 15 is 0 Å². The molecule has 0 bridgehead atoms. The van der Waals surface area contributed by atoms with Gasteiger partial charge in [-0.3, -0.25) is 10.1 Å². The number of hydrogen-bond donors (Lipinski definition) is 2. The van der Waals surface area contributed by atoms with Crippen LogP contribution < -0.4 is 5.32 Å². The second-order valence-corrected chi connectivity index (χ2v) is 6.24. The summed E-state index contributed by atoms with van der Waals surface area (Å²) in [6.07, 6.45) is 5.46. The topological polar surface area (TPSA) is 83.8 Å². The van der Waals surface area contributed by atoms with Gasteiger partial charge >= 0.3 is 0 Å². The first-order valence-corrected chi connectivity index (χ1v) is 8.09. The molecule has 2 N–H and O–H groups in total. The summed E-state index contributed by atoms with van der Waals surface area (Å²) in [5.41, 5.74) is 1.69. The summed E-state index contributed by atoms with van der Waals surface area (Å²) in [6.45, 7) is -0.120. The van der Waals surface area contributed by atoms with Crippen molar-refractivity contribution in [1.82, 2.24) is 4.98 Å². The van der Waals surface area contributed by atoms with Gasteiger partial charge in [-0.25, -0.2) is 4.98 Å². The van der Waals surface area contributed by atoms with Crippen LogP contribution in [0.25, 0.3) is 10.2 Å². The monoisotopic (exact) mass is 319 g/mol. The van der Waals surface area contributed by atoms with E-state index in [4.69, 9.17) is 4.84 Å². The van der Waals surface area contributed by atoms with E-state index < -0.39 is 0 Å². The lowest BCUT2D eigenvalue weighted by Gasteiger charge is -2.11. The number of phenols is 1. The minimum Gasteiger partial charge on any atom is -0.508 e. The second kappa shape index (κ2) is 6.74. The molecule has 6 nitrogen and oxygen atoms in total. The van der Waals surface area contributed by atoms with Crippen molar-refractivity contribution in [3.05, 3.63) is 18.2 Å². The molecular formula is C15H17N3O3S. The molecule has 0 atom stereocenters. The summed E-state index contributed by atoms with van der Waals surface area (Å²) < 4.78 is 0.900. The molecule has 2 aromatic rings. The van der Waals surface area contributed by atoms with Gasteiger partial charge in [0.2, 0.25) is 0 Å². The number of hydrogen-bond acceptors (Lipinski definition) is 6. The van der Waals surface area contributed by atoms with Crippen molar-refractivity contribution in [3.63, 3.8) is 0 Å². The SMILES string of the molecule is O=C(CON=C1CCCCC1)Nc1nc2cc(O)ccc2s1. The number of rotatable bonds is 4. The maximum absolute atomic E-state index is 11.8. The molecule has 1 aromatic heterocycles. The molecular weight excluding hydrogens is 302 g/mol. The largest absolute Gasteiger partial charge is 0.508 e. The van der Waals surface area contributed by atoms with E-state index in [2.05, 4.69) is 15.5 Å². The normalized spacial score (nSPS) is 14.8. The fourth-order valence-corrected chi connectivity index (χ4v) is 3.22. The number of fused-ring (bicyclic) bond motifs is 1. The van der Waals surface area contributed by atoms with E-state index in [1.807, 2.05) is 0 Å². The van der Waals surface area contributed by atoms with E-state index in [0.717, 1.165) is 36.1 Å². The van der Waals surface area contributed by atoms with Crippen molar-refractivity contribution in [3.8, 4) is 5.75 Å². The van der Waals surface area contributed by atoms with Crippen molar-refractivity contribution in [2.24, 2.45) is 5.16 Å². The third-order valence-electron chi connectivity index (χ3n) is 3.44. The molecule has 116 valence electrons. The highest BCUT2D eigenvalue weighted by molar-refractivity contribution is 7.22. The van der Waals surface area contributed by atoms with Crippen LogP contribution in [0.1, 0.15) is 32.1 Å². The molecule has 0 saturated heterocycles.